The van der Waals surface area contributed by atoms with E-state index in [0.29, 0.717) is 52.2 Å². The van der Waals surface area contributed by atoms with E-state index in [4.69, 9.17) is 34.8 Å². The predicted molar refractivity (Wildman–Crippen MR) is 134 cm³/mol. The number of hydrogen-bond acceptors (Lipinski definition) is 5. The molecule has 1 aliphatic heterocycles. The number of amides is 1. The SMILES string of the molecule is O=C(c1nn2c(C(F)(F)F)cc(-c3cccs3)nc2c1Cl)N1CCN(Cc2c(Cl)cccc2Cl)CC1. The first-order valence-corrected chi connectivity index (χ1v) is 12.8. The van der Waals surface area contributed by atoms with E-state index < -0.39 is 17.8 Å². The van der Waals surface area contributed by atoms with Crippen molar-refractivity contribution in [1.82, 2.24) is 24.4 Å². The van der Waals surface area contributed by atoms with E-state index in [-0.39, 0.29) is 22.1 Å². The van der Waals surface area contributed by atoms with Crippen molar-refractivity contribution in [2.45, 2.75) is 12.7 Å². The smallest absolute Gasteiger partial charge is 0.335 e. The number of hydrogen-bond donors (Lipinski definition) is 0. The molecule has 0 aliphatic carbocycles. The summed E-state index contributed by atoms with van der Waals surface area (Å²) < 4.78 is 42.2. The van der Waals surface area contributed by atoms with E-state index in [1.54, 1.807) is 35.7 Å². The molecule has 0 saturated carbocycles. The Morgan fingerprint density at radius 3 is 2.33 bits per heavy atom. The van der Waals surface area contributed by atoms with Crippen LogP contribution < -0.4 is 0 Å². The molecule has 1 fully saturated rings. The van der Waals surface area contributed by atoms with Gasteiger partial charge in [0.1, 0.15) is 5.02 Å². The van der Waals surface area contributed by atoms with Crippen molar-refractivity contribution in [3.63, 3.8) is 0 Å². The number of aromatic nitrogens is 3. The summed E-state index contributed by atoms with van der Waals surface area (Å²) in [6.45, 7) is 2.23. The first-order valence-electron chi connectivity index (χ1n) is 10.8. The molecule has 1 aliphatic rings. The Bertz CT molecular complexity index is 1410. The van der Waals surface area contributed by atoms with Crippen LogP contribution >= 0.6 is 46.1 Å². The zero-order valence-corrected chi connectivity index (χ0v) is 21.5. The van der Waals surface area contributed by atoms with Gasteiger partial charge in [-0.2, -0.15) is 18.3 Å². The Hall–Kier alpha value is -2.37. The minimum Gasteiger partial charge on any atom is -0.335 e. The van der Waals surface area contributed by atoms with Crippen LogP contribution in [0.5, 0.6) is 0 Å². The molecular weight excluding hydrogens is 558 g/mol. The molecule has 0 radical (unpaired) electrons. The van der Waals surface area contributed by atoms with Gasteiger partial charge >= 0.3 is 6.18 Å². The summed E-state index contributed by atoms with van der Waals surface area (Å²) in [5.74, 6) is -0.549. The molecular formula is C23H17Cl3F3N5OS. The van der Waals surface area contributed by atoms with Gasteiger partial charge in [-0.05, 0) is 29.6 Å². The van der Waals surface area contributed by atoms with Gasteiger partial charge in [0.15, 0.2) is 17.0 Å². The molecule has 5 rings (SSSR count). The number of rotatable bonds is 4. The third-order valence-corrected chi connectivity index (χ3v) is 7.85. The third kappa shape index (κ3) is 4.80. The highest BCUT2D eigenvalue weighted by Gasteiger charge is 2.37. The molecule has 4 heterocycles. The third-order valence-electron chi connectivity index (χ3n) is 5.90. The average molecular weight is 575 g/mol. The van der Waals surface area contributed by atoms with Crippen LogP contribution in [0.2, 0.25) is 15.1 Å². The fourth-order valence-electron chi connectivity index (χ4n) is 4.05. The van der Waals surface area contributed by atoms with Gasteiger partial charge in [0, 0.05) is 48.3 Å². The van der Waals surface area contributed by atoms with Crippen LogP contribution in [0.25, 0.3) is 16.2 Å². The van der Waals surface area contributed by atoms with Crippen LogP contribution in [0.15, 0.2) is 41.8 Å². The number of nitrogens with zero attached hydrogens (tertiary/aromatic N) is 5. The van der Waals surface area contributed by atoms with Crippen molar-refractivity contribution in [2.24, 2.45) is 0 Å². The lowest BCUT2D eigenvalue weighted by Gasteiger charge is -2.34. The maximum atomic E-state index is 13.9. The van der Waals surface area contributed by atoms with Crippen LogP contribution in [0.4, 0.5) is 13.2 Å². The highest BCUT2D eigenvalue weighted by molar-refractivity contribution is 7.13. The van der Waals surface area contributed by atoms with Gasteiger partial charge in [0.2, 0.25) is 0 Å². The van der Waals surface area contributed by atoms with E-state index in [1.165, 1.54) is 16.2 Å². The second-order valence-electron chi connectivity index (χ2n) is 8.17. The second-order valence-corrected chi connectivity index (χ2v) is 10.3. The van der Waals surface area contributed by atoms with Crippen molar-refractivity contribution in [3.05, 3.63) is 73.8 Å². The molecule has 0 atom stereocenters. The highest BCUT2D eigenvalue weighted by Crippen LogP contribution is 2.36. The van der Waals surface area contributed by atoms with E-state index in [9.17, 15) is 18.0 Å². The van der Waals surface area contributed by atoms with Gasteiger partial charge in [-0.3, -0.25) is 9.69 Å². The Labute approximate surface area is 222 Å². The Morgan fingerprint density at radius 1 is 1.03 bits per heavy atom. The number of piperazine rings is 1. The zero-order chi connectivity index (χ0) is 25.6. The Morgan fingerprint density at radius 2 is 1.72 bits per heavy atom. The lowest BCUT2D eigenvalue weighted by molar-refractivity contribution is -0.142. The largest absolute Gasteiger partial charge is 0.433 e. The van der Waals surface area contributed by atoms with E-state index in [0.717, 1.165) is 11.6 Å². The molecule has 1 amide bonds. The molecule has 0 bridgehead atoms. The number of alkyl halides is 3. The molecule has 0 unspecified atom stereocenters. The van der Waals surface area contributed by atoms with E-state index in [1.807, 2.05) is 0 Å². The van der Waals surface area contributed by atoms with Crippen LogP contribution in [0, 0.1) is 0 Å². The van der Waals surface area contributed by atoms with Crippen molar-refractivity contribution >= 4 is 57.7 Å². The fraction of sp³-hybridized carbons (Fsp3) is 0.261. The van der Waals surface area contributed by atoms with E-state index in [2.05, 4.69) is 15.0 Å². The Balaban J connectivity index is 1.40. The average Bonchev–Trinajstić information content (AvgIpc) is 3.49. The summed E-state index contributed by atoms with van der Waals surface area (Å²) in [5.41, 5.74) is -0.627. The lowest BCUT2D eigenvalue weighted by atomic mass is 10.2. The molecule has 6 nitrogen and oxygen atoms in total. The van der Waals surface area contributed by atoms with Gasteiger partial charge in [0.05, 0.1) is 10.6 Å². The molecule has 4 aromatic rings. The summed E-state index contributed by atoms with van der Waals surface area (Å²) in [7, 11) is 0. The van der Waals surface area contributed by atoms with Gasteiger partial charge in [-0.1, -0.05) is 46.9 Å². The quantitative estimate of drug-likeness (QED) is 0.283. The fourth-order valence-corrected chi connectivity index (χ4v) is 5.49. The van der Waals surface area contributed by atoms with Crippen LogP contribution in [-0.4, -0.2) is 56.5 Å². The highest BCUT2D eigenvalue weighted by atomic mass is 35.5. The van der Waals surface area contributed by atoms with E-state index >= 15 is 0 Å². The van der Waals surface area contributed by atoms with Gasteiger partial charge in [-0.15, -0.1) is 11.3 Å². The summed E-state index contributed by atoms with van der Waals surface area (Å²) >= 11 is 20.2. The number of thiophene rings is 1. The molecule has 13 heteroatoms. The normalized spacial score (nSPS) is 15.1. The van der Waals surface area contributed by atoms with Crippen molar-refractivity contribution in [1.29, 1.82) is 0 Å². The number of benzene rings is 1. The standard InChI is InChI=1S/C23H17Cl3F3N5OS/c24-14-3-1-4-15(25)13(14)12-32-6-8-33(9-7-32)22(35)20-19(26)21-30-16(17-5-2-10-36-17)11-18(23(27,28)29)34(21)31-20/h1-5,10-11H,6-9,12H2. The maximum Gasteiger partial charge on any atom is 0.433 e. The number of carbonyl (C=O) groups is 1. The molecule has 36 heavy (non-hydrogen) atoms. The number of fused-ring (bicyclic) bond motifs is 1. The maximum absolute atomic E-state index is 13.9. The summed E-state index contributed by atoms with van der Waals surface area (Å²) in [6.07, 6.45) is -4.73. The van der Waals surface area contributed by atoms with Crippen LogP contribution in [0.3, 0.4) is 0 Å². The van der Waals surface area contributed by atoms with Crippen LogP contribution in [0.1, 0.15) is 21.7 Å². The molecule has 3 aromatic heterocycles. The summed E-state index contributed by atoms with van der Waals surface area (Å²) in [6, 6.07) is 9.59. The summed E-state index contributed by atoms with van der Waals surface area (Å²) in [5, 5.41) is 6.60. The van der Waals surface area contributed by atoms with Gasteiger partial charge in [0.25, 0.3) is 5.91 Å². The molecule has 1 saturated heterocycles. The van der Waals surface area contributed by atoms with Crippen molar-refractivity contribution in [3.8, 4) is 10.6 Å². The lowest BCUT2D eigenvalue weighted by Crippen LogP contribution is -2.48. The molecule has 1 aromatic carbocycles. The number of carbonyl (C=O) groups excluding carboxylic acids is 1. The topological polar surface area (TPSA) is 53.7 Å². The van der Waals surface area contributed by atoms with Crippen LogP contribution in [-0.2, 0) is 12.7 Å². The molecule has 0 N–H and O–H groups in total. The summed E-state index contributed by atoms with van der Waals surface area (Å²) in [4.78, 5) is 21.7. The molecule has 0 spiro atoms. The first kappa shape index (κ1) is 25.3. The Kier molecular flexibility index (Phi) is 6.90. The first-order chi connectivity index (χ1) is 17.1. The van der Waals surface area contributed by atoms with Crippen molar-refractivity contribution in [2.75, 3.05) is 26.2 Å². The monoisotopic (exact) mass is 573 g/mol. The minimum absolute atomic E-state index is 0.109. The molecule has 188 valence electrons. The van der Waals surface area contributed by atoms with Crippen molar-refractivity contribution < 1.29 is 18.0 Å². The number of halogens is 6. The minimum atomic E-state index is -4.73. The predicted octanol–water partition coefficient (Wildman–Crippen LogP) is 6.39. The van der Waals surface area contributed by atoms with Gasteiger partial charge in [-0.25, -0.2) is 9.50 Å². The van der Waals surface area contributed by atoms with Gasteiger partial charge < -0.3 is 4.90 Å². The zero-order valence-electron chi connectivity index (χ0n) is 18.4. The second kappa shape index (κ2) is 9.83.